The number of piperazine rings is 1. The fourth-order valence-electron chi connectivity index (χ4n) is 3.32. The van der Waals surface area contributed by atoms with Gasteiger partial charge >= 0.3 is 6.09 Å². The van der Waals surface area contributed by atoms with Gasteiger partial charge in [-0.2, -0.15) is 0 Å². The lowest BCUT2D eigenvalue weighted by Gasteiger charge is -2.33. The molecule has 0 aromatic rings. The van der Waals surface area contributed by atoms with Gasteiger partial charge in [-0.3, -0.25) is 9.89 Å². The van der Waals surface area contributed by atoms with Crippen LogP contribution in [0.15, 0.2) is 4.99 Å². The fraction of sp³-hybridized carbons (Fsp3) is 0.882. The van der Waals surface area contributed by atoms with Gasteiger partial charge < -0.3 is 25.6 Å². The third-order valence-corrected chi connectivity index (χ3v) is 4.98. The molecule has 0 aromatic carbocycles. The van der Waals surface area contributed by atoms with Crippen LogP contribution in [0.2, 0.25) is 0 Å². The Morgan fingerprint density at radius 2 is 1.73 bits per heavy atom. The van der Waals surface area contributed by atoms with E-state index >= 15 is 0 Å². The van der Waals surface area contributed by atoms with Crippen LogP contribution in [0, 0.1) is 0 Å². The minimum Gasteiger partial charge on any atom is -0.450 e. The molecule has 2 fully saturated rings. The average molecular weight is 482 g/mol. The molecule has 2 saturated heterocycles. The molecule has 8 nitrogen and oxygen atoms in total. The first-order valence-electron chi connectivity index (χ1n) is 9.55. The standard InChI is InChI=1S/C17H34N6O2.HI/c1-3-21-11-13-22(14-12-21)10-7-19-16(18)20-15-5-8-23(9-6-15)17(24)25-4-2;/h15H,3-14H2,1-2H3,(H3,18,19,20);1H. The predicted octanol–water partition coefficient (Wildman–Crippen LogP) is 0.767. The molecular formula is C17H35IN6O2. The van der Waals surface area contributed by atoms with E-state index in [1.807, 2.05) is 6.92 Å². The number of guanidine groups is 1. The van der Waals surface area contributed by atoms with Gasteiger partial charge in [0.1, 0.15) is 0 Å². The van der Waals surface area contributed by atoms with E-state index in [9.17, 15) is 4.79 Å². The summed E-state index contributed by atoms with van der Waals surface area (Å²) in [6.07, 6.45) is 1.52. The topological polar surface area (TPSA) is 86.4 Å². The lowest BCUT2D eigenvalue weighted by atomic mass is 10.1. The molecule has 152 valence electrons. The van der Waals surface area contributed by atoms with Crippen molar-refractivity contribution in [2.45, 2.75) is 32.7 Å². The molecule has 0 atom stereocenters. The molecule has 0 spiro atoms. The molecule has 2 aliphatic rings. The molecule has 0 unspecified atom stereocenters. The van der Waals surface area contributed by atoms with Crippen molar-refractivity contribution >= 4 is 36.0 Å². The third kappa shape index (κ3) is 7.83. The number of ether oxygens (including phenoxy) is 1. The summed E-state index contributed by atoms with van der Waals surface area (Å²) in [5.74, 6) is 0.516. The highest BCUT2D eigenvalue weighted by Crippen LogP contribution is 2.11. The number of likely N-dealkylation sites (tertiary alicyclic amines) is 1. The molecule has 1 amide bonds. The maximum atomic E-state index is 11.7. The molecule has 0 bridgehead atoms. The molecule has 0 saturated carbocycles. The van der Waals surface area contributed by atoms with Crippen molar-refractivity contribution < 1.29 is 9.53 Å². The first-order valence-corrected chi connectivity index (χ1v) is 9.55. The number of carbonyl (C=O) groups is 1. The van der Waals surface area contributed by atoms with Crippen LogP contribution < -0.4 is 11.1 Å². The summed E-state index contributed by atoms with van der Waals surface area (Å²) in [5.41, 5.74) is 6.01. The smallest absolute Gasteiger partial charge is 0.409 e. The highest BCUT2D eigenvalue weighted by molar-refractivity contribution is 14.0. The van der Waals surface area contributed by atoms with E-state index in [1.54, 1.807) is 4.90 Å². The Labute approximate surface area is 174 Å². The van der Waals surface area contributed by atoms with E-state index in [4.69, 9.17) is 10.5 Å². The van der Waals surface area contributed by atoms with E-state index in [2.05, 4.69) is 27.0 Å². The predicted molar refractivity (Wildman–Crippen MR) is 115 cm³/mol. The van der Waals surface area contributed by atoms with Crippen LogP contribution in [0.4, 0.5) is 4.79 Å². The van der Waals surface area contributed by atoms with Crippen LogP contribution in [-0.2, 0) is 4.74 Å². The van der Waals surface area contributed by atoms with Crippen molar-refractivity contribution in [3.63, 3.8) is 0 Å². The van der Waals surface area contributed by atoms with E-state index in [1.165, 1.54) is 0 Å². The lowest BCUT2D eigenvalue weighted by molar-refractivity contribution is 0.0963. The summed E-state index contributed by atoms with van der Waals surface area (Å²) in [7, 11) is 0. The molecule has 0 aliphatic carbocycles. The molecule has 2 aliphatic heterocycles. The minimum absolute atomic E-state index is 0. The number of nitrogens with zero attached hydrogens (tertiary/aromatic N) is 4. The van der Waals surface area contributed by atoms with Crippen LogP contribution in [0.5, 0.6) is 0 Å². The van der Waals surface area contributed by atoms with E-state index in [0.717, 1.165) is 58.7 Å². The average Bonchev–Trinajstić information content (AvgIpc) is 2.63. The highest BCUT2D eigenvalue weighted by atomic mass is 127. The number of hydrogen-bond acceptors (Lipinski definition) is 5. The summed E-state index contributed by atoms with van der Waals surface area (Å²) in [4.78, 5) is 22.8. The van der Waals surface area contributed by atoms with Crippen molar-refractivity contribution in [1.29, 1.82) is 0 Å². The summed E-state index contributed by atoms with van der Waals surface area (Å²) in [6.45, 7) is 13.2. The van der Waals surface area contributed by atoms with Gasteiger partial charge in [0.2, 0.25) is 0 Å². The number of likely N-dealkylation sites (N-methyl/N-ethyl adjacent to an activating group) is 1. The number of halogens is 1. The van der Waals surface area contributed by atoms with Crippen LogP contribution in [0.1, 0.15) is 26.7 Å². The molecule has 2 heterocycles. The van der Waals surface area contributed by atoms with Gasteiger partial charge in [0.25, 0.3) is 0 Å². The van der Waals surface area contributed by atoms with Gasteiger partial charge in [-0.05, 0) is 26.3 Å². The van der Waals surface area contributed by atoms with Gasteiger partial charge in [0.15, 0.2) is 5.96 Å². The lowest BCUT2D eigenvalue weighted by Crippen LogP contribution is -2.49. The molecule has 3 N–H and O–H groups in total. The van der Waals surface area contributed by atoms with Crippen LogP contribution >= 0.6 is 24.0 Å². The third-order valence-electron chi connectivity index (χ3n) is 4.98. The normalized spacial score (nSPS) is 20.5. The Bertz CT molecular complexity index is 435. The highest BCUT2D eigenvalue weighted by Gasteiger charge is 2.23. The maximum absolute atomic E-state index is 11.7. The molecule has 2 rings (SSSR count). The Kier molecular flexibility index (Phi) is 11.2. The van der Waals surface area contributed by atoms with Crippen LogP contribution in [-0.4, -0.2) is 98.3 Å². The first kappa shape index (κ1) is 23.2. The number of rotatable bonds is 6. The van der Waals surface area contributed by atoms with Crippen molar-refractivity contribution in [2.75, 3.05) is 65.5 Å². The van der Waals surface area contributed by atoms with Gasteiger partial charge in [-0.25, -0.2) is 4.79 Å². The zero-order valence-corrected chi connectivity index (χ0v) is 18.5. The number of aliphatic imine (C=N–C) groups is 1. The Hall–Kier alpha value is -0.810. The summed E-state index contributed by atoms with van der Waals surface area (Å²) in [6, 6.07) is 0.280. The summed E-state index contributed by atoms with van der Waals surface area (Å²) >= 11 is 0. The van der Waals surface area contributed by atoms with Crippen LogP contribution in [0.3, 0.4) is 0 Å². The second-order valence-corrected chi connectivity index (χ2v) is 6.65. The number of nitrogens with two attached hydrogens (primary N) is 1. The van der Waals surface area contributed by atoms with Crippen molar-refractivity contribution in [2.24, 2.45) is 10.7 Å². The SMILES string of the molecule is CCOC(=O)N1CCC(NC(N)=NCCN2CCN(CC)CC2)CC1.I. The molecule has 9 heteroatoms. The maximum Gasteiger partial charge on any atom is 0.409 e. The zero-order chi connectivity index (χ0) is 18.1. The van der Waals surface area contributed by atoms with Crippen molar-refractivity contribution in [3.05, 3.63) is 0 Å². The Morgan fingerprint density at radius 3 is 2.31 bits per heavy atom. The molecule has 0 radical (unpaired) electrons. The summed E-state index contributed by atoms with van der Waals surface area (Å²) in [5, 5.41) is 3.29. The number of carbonyl (C=O) groups excluding carboxylic acids is 1. The van der Waals surface area contributed by atoms with Crippen LogP contribution in [0.25, 0.3) is 0 Å². The minimum atomic E-state index is -0.217. The second kappa shape index (κ2) is 12.6. The zero-order valence-electron chi connectivity index (χ0n) is 16.2. The van der Waals surface area contributed by atoms with E-state index in [-0.39, 0.29) is 36.1 Å². The molecule has 26 heavy (non-hydrogen) atoms. The van der Waals surface area contributed by atoms with E-state index < -0.39 is 0 Å². The Balaban J connectivity index is 0.00000338. The largest absolute Gasteiger partial charge is 0.450 e. The van der Waals surface area contributed by atoms with Gasteiger partial charge in [-0.15, -0.1) is 24.0 Å². The summed E-state index contributed by atoms with van der Waals surface area (Å²) < 4.78 is 5.03. The molecule has 0 aromatic heterocycles. The number of nitrogens with one attached hydrogen (secondary N) is 1. The molecular weight excluding hydrogens is 447 g/mol. The van der Waals surface area contributed by atoms with Gasteiger partial charge in [0, 0.05) is 51.9 Å². The van der Waals surface area contributed by atoms with Gasteiger partial charge in [0.05, 0.1) is 13.2 Å². The van der Waals surface area contributed by atoms with Gasteiger partial charge in [-0.1, -0.05) is 6.92 Å². The monoisotopic (exact) mass is 482 g/mol. The fourth-order valence-corrected chi connectivity index (χ4v) is 3.32. The van der Waals surface area contributed by atoms with Crippen molar-refractivity contribution in [3.8, 4) is 0 Å². The van der Waals surface area contributed by atoms with E-state index in [0.29, 0.717) is 25.7 Å². The number of amides is 1. The first-order chi connectivity index (χ1) is 12.1. The second-order valence-electron chi connectivity index (χ2n) is 6.65. The number of hydrogen-bond donors (Lipinski definition) is 2. The van der Waals surface area contributed by atoms with Crippen molar-refractivity contribution in [1.82, 2.24) is 20.0 Å². The number of piperidine rings is 1. The quantitative estimate of drug-likeness (QED) is 0.331. The Morgan fingerprint density at radius 1 is 1.12 bits per heavy atom.